The topological polar surface area (TPSA) is 68.9 Å². The molecule has 5 heteroatoms. The standard InChI is InChI=1S/C15H14ClN3O/c16-13-6-12(8-18-9-13)14(7-17)19-15(10-20)11-4-2-1-3-5-11/h1-6,8-9,14-15,19-20H,10H2/t14-,15-/m1/s1. The van der Waals surface area contributed by atoms with Crippen LogP contribution in [-0.2, 0) is 0 Å². The van der Waals surface area contributed by atoms with Gasteiger partial charge in [-0.3, -0.25) is 10.3 Å². The lowest BCUT2D eigenvalue weighted by molar-refractivity contribution is 0.239. The molecule has 2 atom stereocenters. The van der Waals surface area contributed by atoms with Crippen LogP contribution in [0.25, 0.3) is 0 Å². The molecule has 0 amide bonds. The molecule has 4 nitrogen and oxygen atoms in total. The van der Waals surface area contributed by atoms with Gasteiger partial charge in [-0.25, -0.2) is 0 Å². The summed E-state index contributed by atoms with van der Waals surface area (Å²) in [6.45, 7) is -0.101. The molecule has 2 N–H and O–H groups in total. The summed E-state index contributed by atoms with van der Waals surface area (Å²) >= 11 is 5.88. The first-order chi connectivity index (χ1) is 9.74. The first-order valence-corrected chi connectivity index (χ1v) is 6.54. The van der Waals surface area contributed by atoms with Crippen LogP contribution in [-0.4, -0.2) is 16.7 Å². The third-order valence-corrected chi connectivity index (χ3v) is 3.15. The summed E-state index contributed by atoms with van der Waals surface area (Å²) in [5, 5.41) is 22.4. The Labute approximate surface area is 122 Å². The lowest BCUT2D eigenvalue weighted by Gasteiger charge is -2.20. The molecule has 0 spiro atoms. The van der Waals surface area contributed by atoms with Crippen molar-refractivity contribution in [1.82, 2.24) is 10.3 Å². The minimum atomic E-state index is -0.585. The Morgan fingerprint density at radius 2 is 2.00 bits per heavy atom. The average Bonchev–Trinajstić information content (AvgIpc) is 2.49. The highest BCUT2D eigenvalue weighted by Crippen LogP contribution is 2.20. The molecular weight excluding hydrogens is 274 g/mol. The van der Waals surface area contributed by atoms with Crippen molar-refractivity contribution in [2.45, 2.75) is 12.1 Å². The molecule has 1 aromatic carbocycles. The molecule has 20 heavy (non-hydrogen) atoms. The number of nitriles is 1. The molecular formula is C15H14ClN3O. The second-order valence-electron chi connectivity index (χ2n) is 4.31. The minimum Gasteiger partial charge on any atom is -0.394 e. The van der Waals surface area contributed by atoms with E-state index in [0.29, 0.717) is 10.6 Å². The van der Waals surface area contributed by atoms with Crippen LogP contribution >= 0.6 is 11.6 Å². The van der Waals surface area contributed by atoms with Gasteiger partial charge in [-0.15, -0.1) is 0 Å². The lowest BCUT2D eigenvalue weighted by atomic mass is 10.0. The van der Waals surface area contributed by atoms with Gasteiger partial charge in [0.25, 0.3) is 0 Å². The molecule has 0 saturated carbocycles. The Kier molecular flexibility index (Phi) is 5.08. The number of hydrogen-bond donors (Lipinski definition) is 2. The highest BCUT2D eigenvalue weighted by Gasteiger charge is 2.18. The van der Waals surface area contributed by atoms with Crippen LogP contribution in [0.3, 0.4) is 0 Å². The molecule has 0 saturated heterocycles. The van der Waals surface area contributed by atoms with E-state index in [-0.39, 0.29) is 12.6 Å². The maximum absolute atomic E-state index is 9.51. The van der Waals surface area contributed by atoms with E-state index < -0.39 is 6.04 Å². The van der Waals surface area contributed by atoms with Crippen LogP contribution in [0.4, 0.5) is 0 Å². The monoisotopic (exact) mass is 287 g/mol. The molecule has 0 aliphatic heterocycles. The second kappa shape index (κ2) is 7.01. The van der Waals surface area contributed by atoms with Crippen LogP contribution < -0.4 is 5.32 Å². The largest absolute Gasteiger partial charge is 0.394 e. The zero-order valence-electron chi connectivity index (χ0n) is 10.7. The molecule has 2 aromatic rings. The van der Waals surface area contributed by atoms with Gasteiger partial charge in [0, 0.05) is 18.0 Å². The van der Waals surface area contributed by atoms with Crippen molar-refractivity contribution in [3.8, 4) is 6.07 Å². The number of nitrogens with zero attached hydrogens (tertiary/aromatic N) is 2. The SMILES string of the molecule is N#C[C@@H](N[C@H](CO)c1ccccc1)c1cncc(Cl)c1. The molecule has 0 aliphatic rings. The molecule has 1 aromatic heterocycles. The Morgan fingerprint density at radius 3 is 2.60 bits per heavy atom. The molecule has 1 heterocycles. The van der Waals surface area contributed by atoms with E-state index in [0.717, 1.165) is 5.56 Å². The van der Waals surface area contributed by atoms with Gasteiger partial charge in [0.15, 0.2) is 0 Å². The Balaban J connectivity index is 2.19. The molecule has 0 aliphatic carbocycles. The van der Waals surface area contributed by atoms with Crippen molar-refractivity contribution in [3.63, 3.8) is 0 Å². The number of rotatable bonds is 5. The number of aliphatic hydroxyl groups excluding tert-OH is 1. The second-order valence-corrected chi connectivity index (χ2v) is 4.75. The van der Waals surface area contributed by atoms with Crippen LogP contribution in [0.2, 0.25) is 5.02 Å². The Morgan fingerprint density at radius 1 is 1.25 bits per heavy atom. The van der Waals surface area contributed by atoms with Crippen molar-refractivity contribution in [2.75, 3.05) is 6.61 Å². The van der Waals surface area contributed by atoms with Crippen molar-refractivity contribution in [2.24, 2.45) is 0 Å². The van der Waals surface area contributed by atoms with E-state index in [1.165, 1.54) is 6.20 Å². The molecule has 0 fully saturated rings. The van der Waals surface area contributed by atoms with Gasteiger partial charge in [0.2, 0.25) is 0 Å². The smallest absolute Gasteiger partial charge is 0.123 e. The van der Waals surface area contributed by atoms with Gasteiger partial charge in [0.1, 0.15) is 6.04 Å². The summed E-state index contributed by atoms with van der Waals surface area (Å²) < 4.78 is 0. The molecule has 2 rings (SSSR count). The minimum absolute atomic E-state index is 0.101. The number of aliphatic hydroxyl groups is 1. The zero-order valence-corrected chi connectivity index (χ0v) is 11.5. The highest BCUT2D eigenvalue weighted by atomic mass is 35.5. The van der Waals surface area contributed by atoms with Gasteiger partial charge >= 0.3 is 0 Å². The van der Waals surface area contributed by atoms with E-state index in [1.54, 1.807) is 12.3 Å². The van der Waals surface area contributed by atoms with Gasteiger partial charge in [-0.2, -0.15) is 5.26 Å². The van der Waals surface area contributed by atoms with Gasteiger partial charge in [-0.1, -0.05) is 41.9 Å². The fraction of sp³-hybridized carbons (Fsp3) is 0.200. The van der Waals surface area contributed by atoms with Crippen LogP contribution in [0.5, 0.6) is 0 Å². The van der Waals surface area contributed by atoms with Crippen LogP contribution in [0.15, 0.2) is 48.8 Å². The maximum Gasteiger partial charge on any atom is 0.123 e. The molecule has 0 unspecified atom stereocenters. The van der Waals surface area contributed by atoms with Gasteiger partial charge < -0.3 is 5.11 Å². The highest BCUT2D eigenvalue weighted by molar-refractivity contribution is 6.30. The number of aromatic nitrogens is 1. The van der Waals surface area contributed by atoms with Gasteiger partial charge in [0.05, 0.1) is 23.7 Å². The third-order valence-electron chi connectivity index (χ3n) is 2.94. The van der Waals surface area contributed by atoms with E-state index in [2.05, 4.69) is 16.4 Å². The van der Waals surface area contributed by atoms with Gasteiger partial charge in [-0.05, 0) is 11.6 Å². The van der Waals surface area contributed by atoms with E-state index in [9.17, 15) is 10.4 Å². The zero-order chi connectivity index (χ0) is 14.4. The van der Waals surface area contributed by atoms with E-state index in [1.807, 2.05) is 30.3 Å². The maximum atomic E-state index is 9.51. The number of pyridine rings is 1. The first-order valence-electron chi connectivity index (χ1n) is 6.16. The number of nitrogens with one attached hydrogen (secondary N) is 1. The van der Waals surface area contributed by atoms with Crippen molar-refractivity contribution in [3.05, 3.63) is 64.9 Å². The quantitative estimate of drug-likeness (QED) is 0.887. The predicted molar refractivity (Wildman–Crippen MR) is 77.0 cm³/mol. The summed E-state index contributed by atoms with van der Waals surface area (Å²) in [4.78, 5) is 3.97. The van der Waals surface area contributed by atoms with E-state index >= 15 is 0 Å². The fourth-order valence-corrected chi connectivity index (χ4v) is 2.12. The summed E-state index contributed by atoms with van der Waals surface area (Å²) in [6.07, 6.45) is 3.10. The third kappa shape index (κ3) is 3.55. The number of benzene rings is 1. The van der Waals surface area contributed by atoms with Crippen molar-refractivity contribution < 1.29 is 5.11 Å². The summed E-state index contributed by atoms with van der Waals surface area (Å²) in [6, 6.07) is 12.4. The van der Waals surface area contributed by atoms with Crippen LogP contribution in [0, 0.1) is 11.3 Å². The van der Waals surface area contributed by atoms with Crippen LogP contribution in [0.1, 0.15) is 23.2 Å². The molecule has 102 valence electrons. The van der Waals surface area contributed by atoms with Crippen molar-refractivity contribution in [1.29, 1.82) is 5.26 Å². The molecule has 0 bridgehead atoms. The summed E-state index contributed by atoms with van der Waals surface area (Å²) in [5.74, 6) is 0. The Hall–Kier alpha value is -1.93. The number of hydrogen-bond acceptors (Lipinski definition) is 4. The summed E-state index contributed by atoms with van der Waals surface area (Å²) in [7, 11) is 0. The first kappa shape index (κ1) is 14.5. The average molecular weight is 288 g/mol. The number of halogens is 1. The summed E-state index contributed by atoms with van der Waals surface area (Å²) in [5.41, 5.74) is 1.60. The normalized spacial score (nSPS) is 13.4. The predicted octanol–water partition coefficient (Wildman–Crippen LogP) is 2.62. The van der Waals surface area contributed by atoms with Crippen molar-refractivity contribution >= 4 is 11.6 Å². The fourth-order valence-electron chi connectivity index (χ4n) is 1.94. The Bertz CT molecular complexity index is 598. The molecule has 0 radical (unpaired) electrons. The lowest BCUT2D eigenvalue weighted by Crippen LogP contribution is -2.28. The van der Waals surface area contributed by atoms with E-state index in [4.69, 9.17) is 11.6 Å².